The Morgan fingerprint density at radius 3 is 1.92 bits per heavy atom. The van der Waals surface area contributed by atoms with Gasteiger partial charge in [-0.15, -0.1) is 0 Å². The molecule has 0 aromatic heterocycles. The van der Waals surface area contributed by atoms with E-state index in [0.717, 1.165) is 0 Å². The smallest absolute Gasteiger partial charge is 0.316 e. The van der Waals surface area contributed by atoms with Gasteiger partial charge >= 0.3 is 6.18 Å². The first-order valence-corrected chi connectivity index (χ1v) is 4.39. The molecule has 1 saturated carbocycles. The summed E-state index contributed by atoms with van der Waals surface area (Å²) >= 11 is 0. The van der Waals surface area contributed by atoms with Crippen molar-refractivity contribution in [1.82, 2.24) is 5.32 Å². The summed E-state index contributed by atoms with van der Waals surface area (Å²) in [5, 5.41) is 2.98. The van der Waals surface area contributed by atoms with Crippen molar-refractivity contribution < 1.29 is 17.6 Å². The zero-order valence-corrected chi connectivity index (χ0v) is 6.99. The van der Waals surface area contributed by atoms with Crippen molar-refractivity contribution in [3.8, 4) is 0 Å². The minimum Gasteiger partial charge on any atom is -0.316 e. The van der Waals surface area contributed by atoms with Gasteiger partial charge in [0.25, 0.3) is 0 Å². The maximum Gasteiger partial charge on any atom is 0.422 e. The Morgan fingerprint density at radius 2 is 1.54 bits per heavy atom. The first kappa shape index (κ1) is 9.24. The third-order valence-corrected chi connectivity index (χ3v) is 3.16. The summed E-state index contributed by atoms with van der Waals surface area (Å²) in [6, 6.07) is 0. The van der Waals surface area contributed by atoms with Gasteiger partial charge in [-0.25, -0.2) is 4.39 Å². The molecule has 2 rings (SSSR count). The highest BCUT2D eigenvalue weighted by Crippen LogP contribution is 2.51. The van der Waals surface area contributed by atoms with Gasteiger partial charge in [0, 0.05) is 0 Å². The molecule has 2 aliphatic rings. The first-order chi connectivity index (χ1) is 5.92. The van der Waals surface area contributed by atoms with E-state index in [-0.39, 0.29) is 24.7 Å². The highest BCUT2D eigenvalue weighted by Gasteiger charge is 2.62. The number of alkyl halides is 4. The fraction of sp³-hybridized carbons (Fsp3) is 1.00. The van der Waals surface area contributed by atoms with E-state index in [1.807, 2.05) is 0 Å². The van der Waals surface area contributed by atoms with Crippen LogP contribution in [0.2, 0.25) is 0 Å². The van der Waals surface area contributed by atoms with Crippen molar-refractivity contribution in [3.63, 3.8) is 0 Å². The second-order valence-electron chi connectivity index (χ2n) is 4.05. The van der Waals surface area contributed by atoms with Crippen LogP contribution in [0.4, 0.5) is 17.6 Å². The molecule has 1 aliphatic heterocycles. The number of hydrogen-bond acceptors (Lipinski definition) is 1. The molecule has 2 fully saturated rings. The van der Waals surface area contributed by atoms with Crippen LogP contribution in [-0.4, -0.2) is 24.9 Å². The molecule has 0 aromatic rings. The van der Waals surface area contributed by atoms with Gasteiger partial charge in [0.05, 0.1) is 0 Å². The quantitative estimate of drug-likeness (QED) is 0.585. The van der Waals surface area contributed by atoms with Crippen molar-refractivity contribution in [2.24, 2.45) is 11.8 Å². The van der Waals surface area contributed by atoms with Crippen LogP contribution >= 0.6 is 0 Å². The lowest BCUT2D eigenvalue weighted by molar-refractivity contribution is -0.229. The van der Waals surface area contributed by atoms with Gasteiger partial charge in [-0.05, 0) is 37.8 Å². The van der Waals surface area contributed by atoms with Crippen LogP contribution < -0.4 is 5.32 Å². The Balaban J connectivity index is 2.13. The molecule has 1 aliphatic carbocycles. The Morgan fingerprint density at radius 1 is 1.08 bits per heavy atom. The maximum atomic E-state index is 13.4. The topological polar surface area (TPSA) is 12.0 Å². The standard InChI is InChI=1S/C8H11F4N/c9-7(8(10,11)12)1-5-3-13-4-6(5)2-7/h5-6,13H,1-4H2. The number of rotatable bonds is 0. The van der Waals surface area contributed by atoms with E-state index >= 15 is 0 Å². The maximum absolute atomic E-state index is 13.4. The van der Waals surface area contributed by atoms with Gasteiger partial charge in [0.2, 0.25) is 5.67 Å². The van der Waals surface area contributed by atoms with E-state index in [1.54, 1.807) is 0 Å². The monoisotopic (exact) mass is 197 g/mol. The largest absolute Gasteiger partial charge is 0.422 e. The predicted molar refractivity (Wildman–Crippen MR) is 39.0 cm³/mol. The summed E-state index contributed by atoms with van der Waals surface area (Å²) in [7, 11) is 0. The van der Waals surface area contributed by atoms with Crippen molar-refractivity contribution in [3.05, 3.63) is 0 Å². The molecule has 0 spiro atoms. The molecule has 2 atom stereocenters. The molecule has 1 heterocycles. The third-order valence-electron chi connectivity index (χ3n) is 3.16. The van der Waals surface area contributed by atoms with Crippen molar-refractivity contribution in [2.45, 2.75) is 24.7 Å². The zero-order valence-electron chi connectivity index (χ0n) is 6.99. The lowest BCUT2D eigenvalue weighted by Crippen LogP contribution is -2.39. The van der Waals surface area contributed by atoms with E-state index in [9.17, 15) is 17.6 Å². The fourth-order valence-corrected chi connectivity index (χ4v) is 2.41. The Hall–Kier alpha value is -0.320. The molecular formula is C8H11F4N. The number of hydrogen-bond donors (Lipinski definition) is 1. The summed E-state index contributed by atoms with van der Waals surface area (Å²) in [6.45, 7) is 1.07. The Labute approximate surface area is 73.5 Å². The predicted octanol–water partition coefficient (Wildman–Crippen LogP) is 1.89. The van der Waals surface area contributed by atoms with Crippen molar-refractivity contribution in [1.29, 1.82) is 0 Å². The molecule has 1 nitrogen and oxygen atoms in total. The zero-order chi connectivity index (χ0) is 9.69. The number of fused-ring (bicyclic) bond motifs is 1. The van der Waals surface area contributed by atoms with Gasteiger partial charge in [-0.2, -0.15) is 13.2 Å². The van der Waals surface area contributed by atoms with Crippen LogP contribution in [0.15, 0.2) is 0 Å². The summed E-state index contributed by atoms with van der Waals surface area (Å²) in [5.41, 5.74) is -2.91. The van der Waals surface area contributed by atoms with Crippen molar-refractivity contribution in [2.75, 3.05) is 13.1 Å². The van der Waals surface area contributed by atoms with Gasteiger partial charge in [-0.3, -0.25) is 0 Å². The molecule has 0 amide bonds. The van der Waals surface area contributed by atoms with Gasteiger partial charge in [0.1, 0.15) is 0 Å². The second kappa shape index (κ2) is 2.59. The average Bonchev–Trinajstić information content (AvgIpc) is 2.42. The molecule has 1 saturated heterocycles. The third kappa shape index (κ3) is 1.33. The van der Waals surface area contributed by atoms with Crippen LogP contribution in [0.5, 0.6) is 0 Å². The van der Waals surface area contributed by atoms with Crippen LogP contribution in [0, 0.1) is 11.8 Å². The molecule has 13 heavy (non-hydrogen) atoms. The van der Waals surface area contributed by atoms with Crippen LogP contribution in [0.25, 0.3) is 0 Å². The van der Waals surface area contributed by atoms with Crippen molar-refractivity contribution >= 4 is 0 Å². The first-order valence-electron chi connectivity index (χ1n) is 4.39. The number of halogens is 4. The molecule has 0 radical (unpaired) electrons. The summed E-state index contributed by atoms with van der Waals surface area (Å²) in [4.78, 5) is 0. The molecule has 0 aromatic carbocycles. The van der Waals surface area contributed by atoms with Crippen LogP contribution in [-0.2, 0) is 0 Å². The number of nitrogens with one attached hydrogen (secondary N) is 1. The molecule has 2 unspecified atom stereocenters. The van der Waals surface area contributed by atoms with Gasteiger partial charge in [0.15, 0.2) is 0 Å². The summed E-state index contributed by atoms with van der Waals surface area (Å²) in [5.74, 6) is -0.238. The molecule has 76 valence electrons. The molecule has 0 bridgehead atoms. The highest BCUT2D eigenvalue weighted by atomic mass is 19.4. The lowest BCUT2D eigenvalue weighted by atomic mass is 10.0. The Bertz CT molecular complexity index is 201. The van der Waals surface area contributed by atoms with Gasteiger partial charge < -0.3 is 5.32 Å². The molecule has 5 heteroatoms. The minimum atomic E-state index is -4.68. The average molecular weight is 197 g/mol. The Kier molecular flexibility index (Phi) is 1.84. The summed E-state index contributed by atoms with van der Waals surface area (Å²) < 4.78 is 50.2. The summed E-state index contributed by atoms with van der Waals surface area (Å²) in [6.07, 6.45) is -5.39. The van der Waals surface area contributed by atoms with E-state index in [0.29, 0.717) is 13.1 Å². The van der Waals surface area contributed by atoms with E-state index in [1.165, 1.54) is 0 Å². The van der Waals surface area contributed by atoms with Crippen LogP contribution in [0.1, 0.15) is 12.8 Å². The highest BCUT2D eigenvalue weighted by molar-refractivity contribution is 5.02. The minimum absolute atomic E-state index is 0.119. The van der Waals surface area contributed by atoms with Gasteiger partial charge in [-0.1, -0.05) is 0 Å². The normalized spacial score (nSPS) is 45.2. The van der Waals surface area contributed by atoms with E-state index < -0.39 is 11.8 Å². The second-order valence-corrected chi connectivity index (χ2v) is 4.05. The fourth-order valence-electron chi connectivity index (χ4n) is 2.41. The van der Waals surface area contributed by atoms with E-state index in [4.69, 9.17) is 0 Å². The molecule has 1 N–H and O–H groups in total. The SMILES string of the molecule is FC(F)(F)C1(F)CC2CNCC2C1. The lowest BCUT2D eigenvalue weighted by Gasteiger charge is -2.23. The van der Waals surface area contributed by atoms with E-state index in [2.05, 4.69) is 5.32 Å². The molecular weight excluding hydrogens is 186 g/mol. The van der Waals surface area contributed by atoms with Crippen LogP contribution in [0.3, 0.4) is 0 Å².